The number of hydrogen-bond acceptors (Lipinski definition) is 4. The maximum absolute atomic E-state index is 6.38. The van der Waals surface area contributed by atoms with Crippen LogP contribution in [0.5, 0.6) is 0 Å². The zero-order chi connectivity index (χ0) is 13.8. The van der Waals surface area contributed by atoms with Crippen molar-refractivity contribution in [3.05, 3.63) is 21.3 Å². The molecule has 2 unspecified atom stereocenters. The van der Waals surface area contributed by atoms with Gasteiger partial charge in [-0.1, -0.05) is 18.5 Å². The summed E-state index contributed by atoms with van der Waals surface area (Å²) >= 11 is 7.74. The van der Waals surface area contributed by atoms with E-state index < -0.39 is 0 Å². The van der Waals surface area contributed by atoms with Gasteiger partial charge in [-0.3, -0.25) is 4.90 Å². The average molecular weight is 303 g/mol. The second-order valence-corrected chi connectivity index (χ2v) is 6.87. The van der Waals surface area contributed by atoms with E-state index in [9.17, 15) is 0 Å². The Hall–Kier alpha value is -0.130. The molecule has 0 aliphatic heterocycles. The lowest BCUT2D eigenvalue weighted by Gasteiger charge is -2.34. The van der Waals surface area contributed by atoms with Crippen molar-refractivity contribution < 1.29 is 4.74 Å². The van der Waals surface area contributed by atoms with Gasteiger partial charge < -0.3 is 10.5 Å². The molecule has 0 aromatic carbocycles. The second-order valence-electron chi connectivity index (χ2n) is 5.12. The smallest absolute Gasteiger partial charge is 0.0931 e. The molecular formula is C14H23ClN2OS. The standard InChI is InChI=1S/C14H23ClN2OS/c1-3-11(16)14(12-6-7-13(15)19-12)17(8-9-18-2)10-4-5-10/h6-7,10-11,14H,3-5,8-9,16H2,1-2H3. The molecule has 2 rings (SSSR count). The van der Waals surface area contributed by atoms with Gasteiger partial charge in [0.15, 0.2) is 0 Å². The van der Waals surface area contributed by atoms with E-state index in [0.717, 1.165) is 23.9 Å². The highest BCUT2D eigenvalue weighted by Crippen LogP contribution is 2.39. The molecule has 2 N–H and O–H groups in total. The number of ether oxygens (including phenoxy) is 1. The highest BCUT2D eigenvalue weighted by atomic mass is 35.5. The van der Waals surface area contributed by atoms with Crippen LogP contribution in [0.25, 0.3) is 0 Å². The highest BCUT2D eigenvalue weighted by Gasteiger charge is 2.37. The molecule has 19 heavy (non-hydrogen) atoms. The number of nitrogens with zero attached hydrogens (tertiary/aromatic N) is 1. The molecule has 0 amide bonds. The van der Waals surface area contributed by atoms with E-state index in [1.807, 2.05) is 6.07 Å². The Morgan fingerprint density at radius 3 is 2.74 bits per heavy atom. The van der Waals surface area contributed by atoms with Crippen LogP contribution in [-0.4, -0.2) is 37.2 Å². The summed E-state index contributed by atoms with van der Waals surface area (Å²) in [5, 5.41) is 0. The van der Waals surface area contributed by atoms with Crippen molar-refractivity contribution in [2.45, 2.75) is 44.3 Å². The molecular weight excluding hydrogens is 280 g/mol. The first-order valence-corrected chi connectivity index (χ1v) is 8.12. The number of halogens is 1. The number of nitrogens with two attached hydrogens (primary N) is 1. The minimum absolute atomic E-state index is 0.146. The van der Waals surface area contributed by atoms with Gasteiger partial charge in [0.25, 0.3) is 0 Å². The largest absolute Gasteiger partial charge is 0.383 e. The topological polar surface area (TPSA) is 38.5 Å². The SMILES string of the molecule is CCC(N)C(c1ccc(Cl)s1)N(CCOC)C1CC1. The van der Waals surface area contributed by atoms with Crippen LogP contribution in [0.2, 0.25) is 4.34 Å². The van der Waals surface area contributed by atoms with Crippen LogP contribution in [0, 0.1) is 0 Å². The Bertz CT molecular complexity index is 395. The van der Waals surface area contributed by atoms with Crippen LogP contribution in [0.4, 0.5) is 0 Å². The molecule has 1 saturated carbocycles. The Kier molecular flexibility index (Phi) is 5.66. The normalized spacial score (nSPS) is 18.8. The van der Waals surface area contributed by atoms with Crippen molar-refractivity contribution in [2.24, 2.45) is 5.73 Å². The summed E-state index contributed by atoms with van der Waals surface area (Å²) in [6.45, 7) is 3.84. The monoisotopic (exact) mass is 302 g/mol. The van der Waals surface area contributed by atoms with E-state index in [1.54, 1.807) is 18.4 Å². The van der Waals surface area contributed by atoms with E-state index in [4.69, 9.17) is 22.1 Å². The number of thiophene rings is 1. The molecule has 0 saturated heterocycles. The van der Waals surface area contributed by atoms with Crippen molar-refractivity contribution in [3.63, 3.8) is 0 Å². The fourth-order valence-electron chi connectivity index (χ4n) is 2.48. The number of hydrogen-bond donors (Lipinski definition) is 1. The number of rotatable bonds is 8. The molecule has 2 atom stereocenters. The molecule has 0 radical (unpaired) electrons. The first-order valence-electron chi connectivity index (χ1n) is 6.92. The van der Waals surface area contributed by atoms with Gasteiger partial charge in [-0.2, -0.15) is 0 Å². The first kappa shape index (κ1) is 15.3. The van der Waals surface area contributed by atoms with Crippen LogP contribution < -0.4 is 5.73 Å². The summed E-state index contributed by atoms with van der Waals surface area (Å²) in [5.41, 5.74) is 6.38. The van der Waals surface area contributed by atoms with Crippen molar-refractivity contribution in [3.8, 4) is 0 Å². The Morgan fingerprint density at radius 2 is 2.26 bits per heavy atom. The molecule has 0 bridgehead atoms. The van der Waals surface area contributed by atoms with E-state index >= 15 is 0 Å². The van der Waals surface area contributed by atoms with Gasteiger partial charge >= 0.3 is 0 Å². The molecule has 108 valence electrons. The molecule has 3 nitrogen and oxygen atoms in total. The maximum Gasteiger partial charge on any atom is 0.0931 e. The fourth-order valence-corrected chi connectivity index (χ4v) is 3.74. The lowest BCUT2D eigenvalue weighted by Crippen LogP contribution is -2.43. The lowest BCUT2D eigenvalue weighted by molar-refractivity contribution is 0.102. The van der Waals surface area contributed by atoms with Crippen LogP contribution in [-0.2, 0) is 4.74 Å². The minimum Gasteiger partial charge on any atom is -0.383 e. The summed E-state index contributed by atoms with van der Waals surface area (Å²) < 4.78 is 6.09. The van der Waals surface area contributed by atoms with Crippen molar-refractivity contribution >= 4 is 22.9 Å². The van der Waals surface area contributed by atoms with Crippen LogP contribution in [0.1, 0.15) is 37.1 Å². The van der Waals surface area contributed by atoms with Crippen LogP contribution >= 0.6 is 22.9 Å². The molecule has 5 heteroatoms. The molecule has 1 heterocycles. The minimum atomic E-state index is 0.146. The zero-order valence-electron chi connectivity index (χ0n) is 11.6. The van der Waals surface area contributed by atoms with Gasteiger partial charge in [0.2, 0.25) is 0 Å². The summed E-state index contributed by atoms with van der Waals surface area (Å²) in [4.78, 5) is 3.79. The van der Waals surface area contributed by atoms with Crippen molar-refractivity contribution in [2.75, 3.05) is 20.3 Å². The van der Waals surface area contributed by atoms with Gasteiger partial charge in [0.1, 0.15) is 0 Å². The number of methoxy groups -OCH3 is 1. The summed E-state index contributed by atoms with van der Waals surface area (Å²) in [5.74, 6) is 0. The third-order valence-corrected chi connectivity index (χ3v) is 4.99. The predicted octanol–water partition coefficient (Wildman–Crippen LogP) is 3.29. The van der Waals surface area contributed by atoms with E-state index in [0.29, 0.717) is 6.04 Å². The first-order chi connectivity index (χ1) is 9.17. The van der Waals surface area contributed by atoms with Gasteiger partial charge in [-0.15, -0.1) is 11.3 Å². The quantitative estimate of drug-likeness (QED) is 0.801. The maximum atomic E-state index is 6.38. The zero-order valence-corrected chi connectivity index (χ0v) is 13.2. The Morgan fingerprint density at radius 1 is 1.53 bits per heavy atom. The van der Waals surface area contributed by atoms with Crippen LogP contribution in [0.15, 0.2) is 12.1 Å². The Labute approximate surface area is 124 Å². The molecule has 1 aromatic rings. The van der Waals surface area contributed by atoms with Crippen LogP contribution in [0.3, 0.4) is 0 Å². The molecule has 1 aromatic heterocycles. The average Bonchev–Trinajstić information content (AvgIpc) is 3.16. The third kappa shape index (κ3) is 3.92. The van der Waals surface area contributed by atoms with E-state index in [-0.39, 0.29) is 12.1 Å². The van der Waals surface area contributed by atoms with Gasteiger partial charge in [-0.25, -0.2) is 0 Å². The second kappa shape index (κ2) is 7.04. The summed E-state index contributed by atoms with van der Waals surface area (Å²) in [7, 11) is 1.75. The predicted molar refractivity (Wildman–Crippen MR) is 81.9 cm³/mol. The van der Waals surface area contributed by atoms with E-state index in [1.165, 1.54) is 17.7 Å². The lowest BCUT2D eigenvalue weighted by atomic mass is 10.0. The van der Waals surface area contributed by atoms with Gasteiger partial charge in [0, 0.05) is 30.6 Å². The molecule has 1 fully saturated rings. The van der Waals surface area contributed by atoms with E-state index in [2.05, 4.69) is 17.9 Å². The Balaban J connectivity index is 2.19. The van der Waals surface area contributed by atoms with Gasteiger partial charge in [-0.05, 0) is 31.4 Å². The fraction of sp³-hybridized carbons (Fsp3) is 0.714. The molecule has 0 spiro atoms. The van der Waals surface area contributed by atoms with Gasteiger partial charge in [0.05, 0.1) is 17.0 Å². The molecule has 1 aliphatic carbocycles. The third-order valence-electron chi connectivity index (χ3n) is 3.69. The van der Waals surface area contributed by atoms with Crippen molar-refractivity contribution in [1.82, 2.24) is 4.90 Å². The summed E-state index contributed by atoms with van der Waals surface area (Å²) in [6.07, 6.45) is 3.52. The molecule has 1 aliphatic rings. The highest BCUT2D eigenvalue weighted by molar-refractivity contribution is 7.16. The summed E-state index contributed by atoms with van der Waals surface area (Å²) in [6, 6.07) is 5.17. The van der Waals surface area contributed by atoms with Crippen molar-refractivity contribution in [1.29, 1.82) is 0 Å².